The van der Waals surface area contributed by atoms with Crippen molar-refractivity contribution in [2.75, 3.05) is 51.9 Å². The van der Waals surface area contributed by atoms with Crippen molar-refractivity contribution >= 4 is 11.6 Å². The van der Waals surface area contributed by atoms with Crippen LogP contribution >= 0.6 is 0 Å². The minimum Gasteiger partial charge on any atom is -0.497 e. The smallest absolute Gasteiger partial charge is 0.231 e. The summed E-state index contributed by atoms with van der Waals surface area (Å²) in [4.78, 5) is 17.0. The molecular weight excluding hydrogens is 370 g/mol. The highest BCUT2D eigenvalue weighted by Gasteiger charge is 2.19. The Balaban J connectivity index is 1.18. The van der Waals surface area contributed by atoms with Crippen LogP contribution in [-0.4, -0.2) is 62.3 Å². The number of amides is 1. The first-order chi connectivity index (χ1) is 14.2. The normalized spacial score (nSPS) is 16.6. The molecule has 1 saturated heterocycles. The Kier molecular flexibility index (Phi) is 6.17. The second-order valence-electron chi connectivity index (χ2n) is 7.34. The molecule has 154 valence electrons. The van der Waals surface area contributed by atoms with Gasteiger partial charge in [0.1, 0.15) is 5.75 Å². The minimum absolute atomic E-state index is 0.0287. The van der Waals surface area contributed by atoms with Gasteiger partial charge < -0.3 is 24.4 Å². The van der Waals surface area contributed by atoms with E-state index >= 15 is 0 Å². The molecule has 2 aliphatic heterocycles. The lowest BCUT2D eigenvalue weighted by Crippen LogP contribution is -2.46. The number of hydrogen-bond acceptors (Lipinski definition) is 6. The molecule has 7 heteroatoms. The maximum absolute atomic E-state index is 12.2. The fraction of sp³-hybridized carbons (Fsp3) is 0.409. The lowest BCUT2D eigenvalue weighted by atomic mass is 10.1. The van der Waals surface area contributed by atoms with Gasteiger partial charge in [0, 0.05) is 57.4 Å². The number of methoxy groups -OCH3 is 1. The number of ether oxygens (including phenoxy) is 3. The van der Waals surface area contributed by atoms with Crippen LogP contribution in [0.1, 0.15) is 12.0 Å². The largest absolute Gasteiger partial charge is 0.497 e. The molecule has 0 aliphatic carbocycles. The number of nitrogens with one attached hydrogen (secondary N) is 1. The molecule has 0 radical (unpaired) electrons. The van der Waals surface area contributed by atoms with Gasteiger partial charge in [-0.25, -0.2) is 0 Å². The second kappa shape index (κ2) is 9.15. The zero-order valence-electron chi connectivity index (χ0n) is 16.7. The van der Waals surface area contributed by atoms with Crippen molar-refractivity contribution in [2.45, 2.75) is 13.0 Å². The van der Waals surface area contributed by atoms with Crippen LogP contribution in [0.15, 0.2) is 42.5 Å². The molecule has 1 fully saturated rings. The van der Waals surface area contributed by atoms with Gasteiger partial charge in [-0.2, -0.15) is 0 Å². The zero-order chi connectivity index (χ0) is 20.1. The number of carbonyl (C=O) groups is 1. The van der Waals surface area contributed by atoms with Crippen LogP contribution in [0.4, 0.5) is 5.69 Å². The molecule has 1 amide bonds. The van der Waals surface area contributed by atoms with E-state index < -0.39 is 0 Å². The van der Waals surface area contributed by atoms with Crippen molar-refractivity contribution < 1.29 is 19.0 Å². The average molecular weight is 397 g/mol. The Labute approximate surface area is 171 Å². The first-order valence-electron chi connectivity index (χ1n) is 9.97. The third-order valence-electron chi connectivity index (χ3n) is 5.32. The van der Waals surface area contributed by atoms with Crippen LogP contribution in [-0.2, 0) is 11.3 Å². The molecule has 0 unspecified atom stereocenters. The molecule has 0 atom stereocenters. The zero-order valence-corrected chi connectivity index (χ0v) is 16.7. The summed E-state index contributed by atoms with van der Waals surface area (Å²) in [6.45, 7) is 5.91. The minimum atomic E-state index is 0.0287. The molecule has 7 nitrogen and oxygen atoms in total. The van der Waals surface area contributed by atoms with Crippen LogP contribution in [0.5, 0.6) is 17.2 Å². The highest BCUT2D eigenvalue weighted by atomic mass is 16.7. The van der Waals surface area contributed by atoms with Crippen molar-refractivity contribution in [3.8, 4) is 17.2 Å². The Morgan fingerprint density at radius 1 is 1.03 bits per heavy atom. The van der Waals surface area contributed by atoms with Gasteiger partial charge in [-0.15, -0.1) is 0 Å². The van der Waals surface area contributed by atoms with Gasteiger partial charge in [0.25, 0.3) is 0 Å². The highest BCUT2D eigenvalue weighted by molar-refractivity contribution is 5.91. The van der Waals surface area contributed by atoms with E-state index in [0.29, 0.717) is 13.2 Å². The van der Waals surface area contributed by atoms with Crippen molar-refractivity contribution in [1.82, 2.24) is 9.80 Å². The predicted octanol–water partition coefficient (Wildman–Crippen LogP) is 2.57. The summed E-state index contributed by atoms with van der Waals surface area (Å²) in [6.07, 6.45) is 0.485. The van der Waals surface area contributed by atoms with E-state index in [1.807, 2.05) is 30.3 Å². The van der Waals surface area contributed by atoms with Crippen LogP contribution in [0.2, 0.25) is 0 Å². The van der Waals surface area contributed by atoms with Crippen LogP contribution in [0.25, 0.3) is 0 Å². The SMILES string of the molecule is COc1cccc(NC(=O)CCN2CCN(Cc3ccc4c(c3)OCO4)CC2)c1. The molecule has 4 rings (SSSR count). The molecule has 29 heavy (non-hydrogen) atoms. The number of fused-ring (bicyclic) bond motifs is 1. The number of rotatable bonds is 7. The number of benzene rings is 2. The summed E-state index contributed by atoms with van der Waals surface area (Å²) < 4.78 is 16.0. The number of anilines is 1. The number of nitrogens with zero attached hydrogens (tertiary/aromatic N) is 2. The summed E-state index contributed by atoms with van der Waals surface area (Å²) in [5, 5.41) is 2.94. The molecule has 2 heterocycles. The topological polar surface area (TPSA) is 63.3 Å². The van der Waals surface area contributed by atoms with E-state index in [9.17, 15) is 4.79 Å². The van der Waals surface area contributed by atoms with Gasteiger partial charge in [0.2, 0.25) is 12.7 Å². The van der Waals surface area contributed by atoms with Gasteiger partial charge in [0.15, 0.2) is 11.5 Å². The first kappa shape index (κ1) is 19.5. The van der Waals surface area contributed by atoms with Gasteiger partial charge in [0.05, 0.1) is 7.11 Å². The monoisotopic (exact) mass is 397 g/mol. The predicted molar refractivity (Wildman–Crippen MR) is 111 cm³/mol. The van der Waals surface area contributed by atoms with Crippen molar-refractivity contribution in [3.63, 3.8) is 0 Å². The van der Waals surface area contributed by atoms with Gasteiger partial charge in [-0.3, -0.25) is 9.69 Å². The average Bonchev–Trinajstić information content (AvgIpc) is 3.21. The molecule has 0 bridgehead atoms. The summed E-state index contributed by atoms with van der Waals surface area (Å²) in [5.74, 6) is 2.43. The fourth-order valence-electron chi connectivity index (χ4n) is 3.65. The van der Waals surface area contributed by atoms with Crippen LogP contribution < -0.4 is 19.5 Å². The Hall–Kier alpha value is -2.77. The van der Waals surface area contributed by atoms with Crippen LogP contribution in [0, 0.1) is 0 Å². The van der Waals surface area contributed by atoms with E-state index in [-0.39, 0.29) is 5.91 Å². The maximum Gasteiger partial charge on any atom is 0.231 e. The number of hydrogen-bond donors (Lipinski definition) is 1. The molecular formula is C22H27N3O4. The van der Waals surface area contributed by atoms with Crippen molar-refractivity contribution in [2.24, 2.45) is 0 Å². The second-order valence-corrected chi connectivity index (χ2v) is 7.34. The lowest BCUT2D eigenvalue weighted by molar-refractivity contribution is -0.116. The summed E-state index contributed by atoms with van der Waals surface area (Å²) >= 11 is 0. The highest BCUT2D eigenvalue weighted by Crippen LogP contribution is 2.32. The van der Waals surface area contributed by atoms with E-state index in [4.69, 9.17) is 14.2 Å². The van der Waals surface area contributed by atoms with E-state index in [1.165, 1.54) is 5.56 Å². The van der Waals surface area contributed by atoms with E-state index in [0.717, 1.165) is 62.2 Å². The lowest BCUT2D eigenvalue weighted by Gasteiger charge is -2.34. The van der Waals surface area contributed by atoms with Crippen molar-refractivity contribution in [3.05, 3.63) is 48.0 Å². The molecule has 0 spiro atoms. The number of carbonyl (C=O) groups excluding carboxylic acids is 1. The standard InChI is InChI=1S/C22H27N3O4/c1-27-19-4-2-3-18(14-19)23-22(26)7-8-24-9-11-25(12-10-24)15-17-5-6-20-21(13-17)29-16-28-20/h2-6,13-14H,7-12,15-16H2,1H3,(H,23,26). The maximum atomic E-state index is 12.2. The van der Waals surface area contributed by atoms with Crippen LogP contribution in [0.3, 0.4) is 0 Å². The third-order valence-corrected chi connectivity index (χ3v) is 5.32. The quantitative estimate of drug-likeness (QED) is 0.775. The molecule has 0 aromatic heterocycles. The molecule has 2 aromatic carbocycles. The molecule has 2 aromatic rings. The van der Waals surface area contributed by atoms with Gasteiger partial charge in [-0.05, 0) is 29.8 Å². The summed E-state index contributed by atoms with van der Waals surface area (Å²) in [6, 6.07) is 13.6. The molecule has 2 aliphatic rings. The summed E-state index contributed by atoms with van der Waals surface area (Å²) in [7, 11) is 1.62. The molecule has 0 saturated carbocycles. The molecule has 1 N–H and O–H groups in total. The van der Waals surface area contributed by atoms with E-state index in [2.05, 4.69) is 27.2 Å². The Bertz CT molecular complexity index is 850. The Morgan fingerprint density at radius 2 is 1.83 bits per heavy atom. The first-order valence-corrected chi connectivity index (χ1v) is 9.97. The third kappa shape index (κ3) is 5.19. The van der Waals surface area contributed by atoms with Gasteiger partial charge in [-0.1, -0.05) is 12.1 Å². The summed E-state index contributed by atoms with van der Waals surface area (Å²) in [5.41, 5.74) is 2.00. The Morgan fingerprint density at radius 3 is 2.66 bits per heavy atom. The number of piperazine rings is 1. The van der Waals surface area contributed by atoms with Gasteiger partial charge >= 0.3 is 0 Å². The van der Waals surface area contributed by atoms with Crippen molar-refractivity contribution in [1.29, 1.82) is 0 Å². The van der Waals surface area contributed by atoms with E-state index in [1.54, 1.807) is 7.11 Å². The fourth-order valence-corrected chi connectivity index (χ4v) is 3.65.